The molecule has 1 N–H and O–H groups in total. The highest BCUT2D eigenvalue weighted by molar-refractivity contribution is 6.74. The van der Waals surface area contributed by atoms with Crippen LogP contribution in [0.2, 0.25) is 18.1 Å². The first-order valence-corrected chi connectivity index (χ1v) is 20.2. The molecular weight excluding hydrogens is 585 g/mol. The van der Waals surface area contributed by atoms with Crippen LogP contribution in [0.3, 0.4) is 0 Å². The van der Waals surface area contributed by atoms with Gasteiger partial charge in [-0.3, -0.25) is 4.79 Å². The van der Waals surface area contributed by atoms with Gasteiger partial charge in [-0.25, -0.2) is 9.18 Å². The Kier molecular flexibility index (Phi) is 9.60. The summed E-state index contributed by atoms with van der Waals surface area (Å²) in [7, 11) is -0.197. The van der Waals surface area contributed by atoms with Gasteiger partial charge in [0.1, 0.15) is 5.82 Å². The molecule has 9 heteroatoms. The van der Waals surface area contributed by atoms with E-state index < -0.39 is 19.5 Å². The molecule has 2 aliphatic heterocycles. The summed E-state index contributed by atoms with van der Waals surface area (Å²) in [5.41, 5.74) is -0.357. The lowest BCUT2D eigenvalue weighted by Crippen LogP contribution is -2.65. The molecule has 1 spiro atoms. The van der Waals surface area contributed by atoms with E-state index in [2.05, 4.69) is 44.1 Å². The van der Waals surface area contributed by atoms with Crippen molar-refractivity contribution < 1.29 is 23.1 Å². The average molecular weight is 644 g/mol. The topological polar surface area (TPSA) is 71.1 Å². The Morgan fingerprint density at radius 3 is 2.29 bits per heavy atom. The monoisotopic (exact) mass is 643 g/mol. The molecule has 0 aromatic heterocycles. The van der Waals surface area contributed by atoms with Crippen LogP contribution in [0.25, 0.3) is 0 Å². The van der Waals surface area contributed by atoms with Crippen LogP contribution >= 0.6 is 0 Å². The number of ether oxygens (including phenoxy) is 1. The molecule has 5 unspecified atom stereocenters. The number of rotatable bonds is 5. The largest absolute Gasteiger partial charge is 0.415 e. The number of anilines is 1. The molecule has 0 bridgehead atoms. The smallest absolute Gasteiger partial charge is 0.321 e. The van der Waals surface area contributed by atoms with Crippen LogP contribution in [0, 0.1) is 40.3 Å². The molecule has 1 aromatic carbocycles. The summed E-state index contributed by atoms with van der Waals surface area (Å²) in [5.74, 6) is 1.79. The lowest BCUT2D eigenvalue weighted by Gasteiger charge is -2.59. The molecule has 2 saturated heterocycles. The first-order valence-electron chi connectivity index (χ1n) is 17.3. The number of fused-ring (bicyclic) bond motifs is 4. The Bertz CT molecular complexity index is 1240. The minimum atomic E-state index is -2.04. The minimum absolute atomic E-state index is 0.0513. The number of likely N-dealkylation sites (tertiary alicyclic amines) is 2. The van der Waals surface area contributed by atoms with E-state index in [4.69, 9.17) is 9.16 Å². The fourth-order valence-corrected chi connectivity index (χ4v) is 9.91. The number of hydrogen-bond donors (Lipinski definition) is 1. The molecule has 3 amide bonds. The molecule has 252 valence electrons. The molecule has 4 aliphatic rings. The molecule has 0 radical (unpaired) electrons. The van der Waals surface area contributed by atoms with Crippen molar-refractivity contribution in [2.24, 2.45) is 34.5 Å². The van der Waals surface area contributed by atoms with Crippen LogP contribution in [0.1, 0.15) is 80.1 Å². The first-order chi connectivity index (χ1) is 21.0. The lowest BCUT2D eigenvalue weighted by atomic mass is 9.57. The highest BCUT2D eigenvalue weighted by Crippen LogP contribution is 2.62. The molecule has 4 fully saturated rings. The summed E-state index contributed by atoms with van der Waals surface area (Å²) in [6.45, 7) is 20.1. The Morgan fingerprint density at radius 2 is 1.69 bits per heavy atom. The predicted molar refractivity (Wildman–Crippen MR) is 180 cm³/mol. The van der Waals surface area contributed by atoms with E-state index >= 15 is 0 Å². The minimum Gasteiger partial charge on any atom is -0.415 e. The SMILES string of the molecule is COC1CCC2C(C1)CC1C2C2(CCN(C(=O)Nc3ccccc3F)CC2)CN(C(=O)C(C)(C)C)[C@H]1CO[Si](C)(C)C(C)(C)C. The number of nitrogens with one attached hydrogen (secondary N) is 1. The van der Waals surface area contributed by atoms with Crippen molar-refractivity contribution in [2.75, 3.05) is 38.7 Å². The van der Waals surface area contributed by atoms with Gasteiger partial charge in [-0.05, 0) is 97.9 Å². The number of carbonyl (C=O) groups is 2. The normalized spacial score (nSPS) is 30.2. The van der Waals surface area contributed by atoms with Gasteiger partial charge in [-0.15, -0.1) is 0 Å². The van der Waals surface area contributed by atoms with Gasteiger partial charge in [0.25, 0.3) is 0 Å². The molecule has 6 atom stereocenters. The molecular formula is C36H58FN3O4Si. The highest BCUT2D eigenvalue weighted by atomic mass is 28.4. The van der Waals surface area contributed by atoms with E-state index in [0.29, 0.717) is 49.5 Å². The van der Waals surface area contributed by atoms with Gasteiger partial charge in [0.05, 0.1) is 24.4 Å². The van der Waals surface area contributed by atoms with Gasteiger partial charge in [0.2, 0.25) is 5.91 Å². The number of hydrogen-bond acceptors (Lipinski definition) is 4. The molecule has 5 rings (SSSR count). The second kappa shape index (κ2) is 12.6. The van der Waals surface area contributed by atoms with Gasteiger partial charge < -0.3 is 24.3 Å². The zero-order chi connectivity index (χ0) is 32.9. The summed E-state index contributed by atoms with van der Waals surface area (Å²) in [5, 5.41) is 2.88. The van der Waals surface area contributed by atoms with Crippen molar-refractivity contribution in [2.45, 2.75) is 110 Å². The van der Waals surface area contributed by atoms with Gasteiger partial charge in [-0.1, -0.05) is 53.7 Å². The zero-order valence-electron chi connectivity index (χ0n) is 29.2. The molecule has 2 heterocycles. The van der Waals surface area contributed by atoms with Crippen molar-refractivity contribution >= 4 is 25.9 Å². The summed E-state index contributed by atoms with van der Waals surface area (Å²) in [6, 6.07) is 6.11. The van der Waals surface area contributed by atoms with Crippen molar-refractivity contribution in [3.05, 3.63) is 30.1 Å². The van der Waals surface area contributed by atoms with Gasteiger partial charge >= 0.3 is 6.03 Å². The number of para-hydroxylation sites is 1. The highest BCUT2D eigenvalue weighted by Gasteiger charge is 2.62. The van der Waals surface area contributed by atoms with Crippen LogP contribution in [0.5, 0.6) is 0 Å². The third-order valence-corrected chi connectivity index (χ3v) is 16.9. The van der Waals surface area contributed by atoms with Crippen LogP contribution in [-0.4, -0.2) is 75.6 Å². The second-order valence-corrected chi connectivity index (χ2v) is 21.9. The van der Waals surface area contributed by atoms with Crippen molar-refractivity contribution in [1.82, 2.24) is 9.80 Å². The molecule has 7 nitrogen and oxygen atoms in total. The maximum Gasteiger partial charge on any atom is 0.321 e. The second-order valence-electron chi connectivity index (χ2n) is 17.1. The Hall–Kier alpha value is -1.97. The molecule has 1 aromatic rings. The standard InChI is InChI=1S/C36H58FN3O4Si/c1-34(2,3)32(41)40-23-36(16-18-39(19-17-36)33(42)38-29-13-11-10-12-28(29)37)31-26-15-14-25(43-7)20-24(26)21-27(31)30(40)22-44-45(8,9)35(4,5)6/h10-13,24-27,30-31H,14-23H2,1-9H3,(H,38,42)/t24?,25?,26?,27?,30-,31?/m0/s1. The van der Waals surface area contributed by atoms with Gasteiger partial charge in [0.15, 0.2) is 8.32 Å². The van der Waals surface area contributed by atoms with Gasteiger partial charge in [0, 0.05) is 32.2 Å². The maximum absolute atomic E-state index is 14.3. The lowest BCUT2D eigenvalue weighted by molar-refractivity contribution is -0.160. The average Bonchev–Trinajstić information content (AvgIpc) is 3.36. The molecule has 45 heavy (non-hydrogen) atoms. The van der Waals surface area contributed by atoms with Crippen molar-refractivity contribution in [3.8, 4) is 0 Å². The fourth-order valence-electron chi connectivity index (χ4n) is 8.89. The van der Waals surface area contributed by atoms with Crippen LogP contribution in [0.4, 0.5) is 14.9 Å². The third kappa shape index (κ3) is 6.73. The number of methoxy groups -OCH3 is 1. The van der Waals surface area contributed by atoms with Gasteiger partial charge in [-0.2, -0.15) is 0 Å². The quantitative estimate of drug-likeness (QED) is 0.333. The van der Waals surface area contributed by atoms with E-state index in [1.807, 2.05) is 32.8 Å². The summed E-state index contributed by atoms with van der Waals surface area (Å²) < 4.78 is 27.2. The number of nitrogens with zero attached hydrogens (tertiary/aromatic N) is 2. The van der Waals surface area contributed by atoms with Crippen LogP contribution < -0.4 is 5.32 Å². The number of urea groups is 1. The van der Waals surface area contributed by atoms with E-state index in [1.165, 1.54) is 6.07 Å². The fraction of sp³-hybridized carbons (Fsp3) is 0.778. The van der Waals surface area contributed by atoms with Crippen LogP contribution in [0.15, 0.2) is 24.3 Å². The van der Waals surface area contributed by atoms with E-state index in [-0.39, 0.29) is 34.1 Å². The summed E-state index contributed by atoms with van der Waals surface area (Å²) in [6.07, 6.45) is 6.44. The van der Waals surface area contributed by atoms with Crippen molar-refractivity contribution in [3.63, 3.8) is 0 Å². The van der Waals surface area contributed by atoms with E-state index in [1.54, 1.807) is 18.2 Å². The molecule has 2 saturated carbocycles. The maximum atomic E-state index is 14.3. The van der Waals surface area contributed by atoms with Crippen molar-refractivity contribution in [1.29, 1.82) is 0 Å². The van der Waals surface area contributed by atoms with Crippen LogP contribution in [-0.2, 0) is 14.0 Å². The predicted octanol–water partition coefficient (Wildman–Crippen LogP) is 7.79. The van der Waals surface area contributed by atoms with E-state index in [0.717, 1.165) is 45.1 Å². The number of amides is 3. The first kappa shape index (κ1) is 34.4. The Labute approximate surface area is 272 Å². The third-order valence-electron chi connectivity index (χ3n) is 12.4. The zero-order valence-corrected chi connectivity index (χ0v) is 30.2. The number of benzene rings is 1. The number of carbonyl (C=O) groups excluding carboxylic acids is 2. The summed E-state index contributed by atoms with van der Waals surface area (Å²) >= 11 is 0. The molecule has 2 aliphatic carbocycles. The van der Waals surface area contributed by atoms with E-state index in [9.17, 15) is 14.0 Å². The number of piperidine rings is 2. The number of halogens is 1. The summed E-state index contributed by atoms with van der Waals surface area (Å²) in [4.78, 5) is 31.7. The Balaban J connectivity index is 1.45. The Morgan fingerprint density at radius 1 is 1.02 bits per heavy atom.